The van der Waals surface area contributed by atoms with Gasteiger partial charge in [0.25, 0.3) is 0 Å². The summed E-state index contributed by atoms with van der Waals surface area (Å²) < 4.78 is 0. The molecule has 0 nitrogen and oxygen atoms in total. The maximum Gasteiger partial charge on any atom is -0.0149 e. The molecule has 118 valence electrons. The standard InChI is InChI=1S/C24H22/c1-4-20-13-14-21(18(2)17-20)15-16-22-11-8-12-24(19(22)3)23-9-6-5-7-10-23/h4-17H,1H2,2-3H3/b16-15+. The molecule has 0 spiro atoms. The lowest BCUT2D eigenvalue weighted by atomic mass is 9.95. The van der Waals surface area contributed by atoms with Crippen LogP contribution in [0.3, 0.4) is 0 Å². The third-order valence-electron chi connectivity index (χ3n) is 4.43. The van der Waals surface area contributed by atoms with E-state index in [4.69, 9.17) is 0 Å². The predicted molar refractivity (Wildman–Crippen MR) is 107 cm³/mol. The normalized spacial score (nSPS) is 10.9. The molecule has 0 heteroatoms. The first-order valence-electron chi connectivity index (χ1n) is 8.25. The van der Waals surface area contributed by atoms with E-state index >= 15 is 0 Å². The number of aryl methyl sites for hydroxylation is 1. The minimum Gasteiger partial charge on any atom is -0.0985 e. The highest BCUT2D eigenvalue weighted by molar-refractivity contribution is 5.78. The summed E-state index contributed by atoms with van der Waals surface area (Å²) in [6, 6.07) is 23.5. The van der Waals surface area contributed by atoms with Crippen molar-refractivity contribution in [1.82, 2.24) is 0 Å². The molecule has 0 N–H and O–H groups in total. The van der Waals surface area contributed by atoms with E-state index in [2.05, 4.69) is 99.3 Å². The zero-order chi connectivity index (χ0) is 16.9. The number of rotatable bonds is 4. The van der Waals surface area contributed by atoms with Gasteiger partial charge in [-0.15, -0.1) is 0 Å². The first-order chi connectivity index (χ1) is 11.7. The maximum absolute atomic E-state index is 3.83. The zero-order valence-corrected chi connectivity index (χ0v) is 14.3. The maximum atomic E-state index is 3.83. The molecular weight excluding hydrogens is 288 g/mol. The van der Waals surface area contributed by atoms with Gasteiger partial charge in [0.05, 0.1) is 0 Å². The number of hydrogen-bond acceptors (Lipinski definition) is 0. The van der Waals surface area contributed by atoms with Gasteiger partial charge in [0.1, 0.15) is 0 Å². The lowest BCUT2D eigenvalue weighted by Crippen LogP contribution is -1.87. The molecule has 0 saturated carbocycles. The van der Waals surface area contributed by atoms with Crippen molar-refractivity contribution >= 4 is 18.2 Å². The van der Waals surface area contributed by atoms with Gasteiger partial charge in [0.2, 0.25) is 0 Å². The monoisotopic (exact) mass is 310 g/mol. The number of hydrogen-bond donors (Lipinski definition) is 0. The third kappa shape index (κ3) is 3.38. The van der Waals surface area contributed by atoms with Gasteiger partial charge in [-0.3, -0.25) is 0 Å². The summed E-state index contributed by atoms with van der Waals surface area (Å²) >= 11 is 0. The van der Waals surface area contributed by atoms with Crippen LogP contribution in [0.25, 0.3) is 29.4 Å². The highest BCUT2D eigenvalue weighted by atomic mass is 14.1. The first-order valence-corrected chi connectivity index (χ1v) is 8.25. The molecule has 0 bridgehead atoms. The molecule has 3 aromatic carbocycles. The molecule has 0 aliphatic rings. The van der Waals surface area contributed by atoms with Crippen molar-refractivity contribution in [2.75, 3.05) is 0 Å². The largest absolute Gasteiger partial charge is 0.0985 e. The summed E-state index contributed by atoms with van der Waals surface area (Å²) in [6.07, 6.45) is 6.28. The zero-order valence-electron chi connectivity index (χ0n) is 14.3. The Morgan fingerprint density at radius 1 is 0.750 bits per heavy atom. The summed E-state index contributed by atoms with van der Waals surface area (Å²) in [5.74, 6) is 0. The third-order valence-corrected chi connectivity index (χ3v) is 4.43. The van der Waals surface area contributed by atoms with Crippen molar-refractivity contribution in [3.63, 3.8) is 0 Å². The fourth-order valence-electron chi connectivity index (χ4n) is 2.96. The average Bonchev–Trinajstić information content (AvgIpc) is 2.62. The van der Waals surface area contributed by atoms with Crippen molar-refractivity contribution in [2.24, 2.45) is 0 Å². The molecule has 24 heavy (non-hydrogen) atoms. The summed E-state index contributed by atoms with van der Waals surface area (Å²) in [6.45, 7) is 8.16. The Morgan fingerprint density at radius 3 is 2.21 bits per heavy atom. The van der Waals surface area contributed by atoms with Gasteiger partial charge in [-0.05, 0) is 52.8 Å². The van der Waals surface area contributed by atoms with E-state index in [-0.39, 0.29) is 0 Å². The van der Waals surface area contributed by atoms with Crippen LogP contribution in [0.1, 0.15) is 27.8 Å². The van der Waals surface area contributed by atoms with Crippen LogP contribution in [0.15, 0.2) is 73.3 Å². The van der Waals surface area contributed by atoms with E-state index < -0.39 is 0 Å². The van der Waals surface area contributed by atoms with E-state index in [0.717, 1.165) is 5.56 Å². The second-order valence-electron chi connectivity index (χ2n) is 6.04. The minimum absolute atomic E-state index is 1.16. The topological polar surface area (TPSA) is 0 Å². The van der Waals surface area contributed by atoms with Crippen molar-refractivity contribution < 1.29 is 0 Å². The molecule has 0 radical (unpaired) electrons. The van der Waals surface area contributed by atoms with Crippen molar-refractivity contribution in [2.45, 2.75) is 13.8 Å². The van der Waals surface area contributed by atoms with E-state index in [1.807, 2.05) is 6.08 Å². The highest BCUT2D eigenvalue weighted by Crippen LogP contribution is 2.27. The fourth-order valence-corrected chi connectivity index (χ4v) is 2.96. The van der Waals surface area contributed by atoms with Gasteiger partial charge < -0.3 is 0 Å². The van der Waals surface area contributed by atoms with Crippen LogP contribution >= 0.6 is 0 Å². The molecule has 0 aromatic heterocycles. The van der Waals surface area contributed by atoms with Gasteiger partial charge in [-0.25, -0.2) is 0 Å². The lowest BCUT2D eigenvalue weighted by molar-refractivity contribution is 1.42. The van der Waals surface area contributed by atoms with Crippen molar-refractivity contribution in [1.29, 1.82) is 0 Å². The van der Waals surface area contributed by atoms with E-state index in [1.54, 1.807) is 0 Å². The molecule has 0 unspecified atom stereocenters. The van der Waals surface area contributed by atoms with E-state index in [9.17, 15) is 0 Å². The van der Waals surface area contributed by atoms with Crippen LogP contribution < -0.4 is 0 Å². The highest BCUT2D eigenvalue weighted by Gasteiger charge is 2.04. The smallest absolute Gasteiger partial charge is 0.0149 e. The van der Waals surface area contributed by atoms with Crippen LogP contribution in [0, 0.1) is 13.8 Å². The summed E-state index contributed by atoms with van der Waals surface area (Å²) in [5, 5.41) is 0. The molecular formula is C24H22. The SMILES string of the molecule is C=Cc1ccc(/C=C/c2cccc(-c3ccccc3)c2C)c(C)c1. The van der Waals surface area contributed by atoms with Gasteiger partial charge in [0.15, 0.2) is 0 Å². The minimum atomic E-state index is 1.16. The predicted octanol–water partition coefficient (Wildman–Crippen LogP) is 6.78. The second-order valence-corrected chi connectivity index (χ2v) is 6.04. The van der Waals surface area contributed by atoms with E-state index in [0.29, 0.717) is 0 Å². The van der Waals surface area contributed by atoms with Crippen LogP contribution in [0.2, 0.25) is 0 Å². The molecule has 0 fully saturated rings. The molecule has 0 amide bonds. The van der Waals surface area contributed by atoms with Gasteiger partial charge in [-0.2, -0.15) is 0 Å². The fraction of sp³-hybridized carbons (Fsp3) is 0.0833. The quantitative estimate of drug-likeness (QED) is 0.466. The summed E-state index contributed by atoms with van der Waals surface area (Å²) in [7, 11) is 0. The van der Waals surface area contributed by atoms with Crippen LogP contribution in [0.5, 0.6) is 0 Å². The van der Waals surface area contributed by atoms with Gasteiger partial charge >= 0.3 is 0 Å². The van der Waals surface area contributed by atoms with Crippen LogP contribution in [-0.4, -0.2) is 0 Å². The lowest BCUT2D eigenvalue weighted by Gasteiger charge is -2.09. The summed E-state index contributed by atoms with van der Waals surface area (Å²) in [5.41, 5.74) is 8.77. The second kappa shape index (κ2) is 7.14. The van der Waals surface area contributed by atoms with Gasteiger partial charge in [0, 0.05) is 0 Å². The average molecular weight is 310 g/mol. The summed E-state index contributed by atoms with van der Waals surface area (Å²) in [4.78, 5) is 0. The van der Waals surface area contributed by atoms with Crippen molar-refractivity contribution in [3.05, 3.63) is 101 Å². The molecule has 0 atom stereocenters. The van der Waals surface area contributed by atoms with Crippen LogP contribution in [-0.2, 0) is 0 Å². The molecule has 3 aromatic rings. The van der Waals surface area contributed by atoms with Gasteiger partial charge in [-0.1, -0.05) is 91.5 Å². The molecule has 0 aliphatic heterocycles. The molecule has 0 heterocycles. The molecule has 3 rings (SSSR count). The van der Waals surface area contributed by atoms with Crippen molar-refractivity contribution in [3.8, 4) is 11.1 Å². The Balaban J connectivity index is 1.95. The Labute approximate surface area is 144 Å². The van der Waals surface area contributed by atoms with E-state index in [1.165, 1.54) is 33.4 Å². The Hall–Kier alpha value is -2.86. The Morgan fingerprint density at radius 2 is 1.50 bits per heavy atom. The first kappa shape index (κ1) is 16.0. The van der Waals surface area contributed by atoms with Crippen LogP contribution in [0.4, 0.5) is 0 Å². The number of benzene rings is 3. The Bertz CT molecular complexity index is 883. The molecule has 0 aliphatic carbocycles. The Kier molecular flexibility index (Phi) is 4.77. The molecule has 0 saturated heterocycles.